The molecule has 0 aliphatic carbocycles. The zero-order chi connectivity index (χ0) is 30.4. The first-order valence-corrected chi connectivity index (χ1v) is 14.9. The Bertz CT molecular complexity index is 1200. The summed E-state index contributed by atoms with van der Waals surface area (Å²) in [5.41, 5.74) is 1.12. The minimum atomic E-state index is -1.04. The maximum Gasteiger partial charge on any atom is 0.408 e. The van der Waals surface area contributed by atoms with Crippen molar-refractivity contribution in [2.24, 2.45) is 5.92 Å². The van der Waals surface area contributed by atoms with E-state index in [1.165, 1.54) is 0 Å². The van der Waals surface area contributed by atoms with Crippen LogP contribution in [0, 0.1) is 5.92 Å². The van der Waals surface area contributed by atoms with E-state index in [1.807, 2.05) is 74.5 Å². The van der Waals surface area contributed by atoms with Gasteiger partial charge in [-0.3, -0.25) is 14.4 Å². The molecule has 0 unspecified atom stereocenters. The largest absolute Gasteiger partial charge is 0.444 e. The van der Waals surface area contributed by atoms with Gasteiger partial charge < -0.3 is 25.2 Å². The molecular weight excluding hydrogens is 532 g/mol. The number of carbonyl (C=O) groups is 4. The molecule has 2 aliphatic rings. The molecule has 0 aromatic heterocycles. The first kappa shape index (κ1) is 31.1. The maximum absolute atomic E-state index is 14.1. The molecule has 2 N–H and O–H groups in total. The number of alkyl carbamates (subject to hydrolysis) is 1. The van der Waals surface area contributed by atoms with Gasteiger partial charge in [-0.25, -0.2) is 4.79 Å². The van der Waals surface area contributed by atoms with E-state index in [2.05, 4.69) is 10.6 Å². The predicted molar refractivity (Wildman–Crippen MR) is 160 cm³/mol. The minimum Gasteiger partial charge on any atom is -0.444 e. The summed E-state index contributed by atoms with van der Waals surface area (Å²) in [7, 11) is 0. The topological polar surface area (TPSA) is 108 Å². The Morgan fingerprint density at radius 2 is 1.52 bits per heavy atom. The number of fused-ring (bicyclic) bond motifs is 1. The molecule has 2 aromatic carbocycles. The molecule has 2 fully saturated rings. The Kier molecular flexibility index (Phi) is 9.91. The summed E-state index contributed by atoms with van der Waals surface area (Å²) in [5, 5.41) is 5.92. The van der Waals surface area contributed by atoms with Crippen molar-refractivity contribution in [2.45, 2.75) is 90.1 Å². The zero-order valence-electron chi connectivity index (χ0n) is 25.3. The van der Waals surface area contributed by atoms with Crippen LogP contribution in [0.5, 0.6) is 0 Å². The van der Waals surface area contributed by atoms with E-state index >= 15 is 0 Å². The first-order valence-electron chi connectivity index (χ1n) is 14.9. The Morgan fingerprint density at radius 3 is 2.07 bits per heavy atom. The van der Waals surface area contributed by atoms with Gasteiger partial charge in [-0.1, -0.05) is 74.5 Å². The van der Waals surface area contributed by atoms with Crippen molar-refractivity contribution >= 4 is 23.8 Å². The van der Waals surface area contributed by atoms with Crippen molar-refractivity contribution in [3.8, 4) is 0 Å². The second-order valence-corrected chi connectivity index (χ2v) is 12.7. The molecule has 2 heterocycles. The van der Waals surface area contributed by atoms with Gasteiger partial charge in [0.25, 0.3) is 0 Å². The van der Waals surface area contributed by atoms with Crippen LogP contribution in [0.4, 0.5) is 4.79 Å². The van der Waals surface area contributed by atoms with Crippen LogP contribution in [-0.2, 0) is 19.1 Å². The average molecular weight is 577 g/mol. The monoisotopic (exact) mass is 576 g/mol. The number of nitrogens with zero attached hydrogens (tertiary/aromatic N) is 2. The fraction of sp³-hybridized carbons (Fsp3) is 0.515. The Labute approximate surface area is 249 Å². The van der Waals surface area contributed by atoms with E-state index in [-0.39, 0.29) is 42.3 Å². The minimum absolute atomic E-state index is 0.0256. The summed E-state index contributed by atoms with van der Waals surface area (Å²) in [6.45, 7) is 9.66. The van der Waals surface area contributed by atoms with Crippen LogP contribution in [0.1, 0.15) is 77.5 Å². The highest BCUT2D eigenvalue weighted by molar-refractivity contribution is 5.93. The lowest BCUT2D eigenvalue weighted by molar-refractivity contribution is -0.145. The second kappa shape index (κ2) is 13.4. The van der Waals surface area contributed by atoms with Gasteiger partial charge in [0.2, 0.25) is 17.7 Å². The van der Waals surface area contributed by atoms with E-state index in [1.54, 1.807) is 30.6 Å². The summed E-state index contributed by atoms with van der Waals surface area (Å²) < 4.78 is 5.45. The highest BCUT2D eigenvalue weighted by atomic mass is 16.6. The third kappa shape index (κ3) is 7.89. The summed E-state index contributed by atoms with van der Waals surface area (Å²) in [5.74, 6) is -0.508. The maximum atomic E-state index is 14.1. The van der Waals surface area contributed by atoms with Gasteiger partial charge in [0.15, 0.2) is 0 Å². The molecular formula is C33H44N4O5. The molecule has 4 rings (SSSR count). The predicted octanol–water partition coefficient (Wildman–Crippen LogP) is 4.42. The molecule has 0 radical (unpaired) electrons. The van der Waals surface area contributed by atoms with Crippen LogP contribution in [0.15, 0.2) is 60.7 Å². The average Bonchev–Trinajstić information content (AvgIpc) is 3.35. The molecule has 226 valence electrons. The van der Waals surface area contributed by atoms with Crippen LogP contribution in [0.25, 0.3) is 0 Å². The Morgan fingerprint density at radius 1 is 0.929 bits per heavy atom. The van der Waals surface area contributed by atoms with E-state index in [4.69, 9.17) is 4.74 Å². The van der Waals surface area contributed by atoms with Crippen molar-refractivity contribution in [2.75, 3.05) is 13.1 Å². The highest BCUT2D eigenvalue weighted by Crippen LogP contribution is 2.31. The van der Waals surface area contributed by atoms with Crippen molar-refractivity contribution < 1.29 is 23.9 Å². The number of ether oxygens (including phenoxy) is 1. The molecule has 9 heteroatoms. The van der Waals surface area contributed by atoms with Crippen LogP contribution in [0.3, 0.4) is 0 Å². The summed E-state index contributed by atoms with van der Waals surface area (Å²) in [6, 6.07) is 17.1. The lowest BCUT2D eigenvalue weighted by atomic mass is 9.98. The Balaban J connectivity index is 1.59. The standard InChI is InChI=1S/C33H44N4O5/c1-22(2)20-28(38)36-19-18-25-16-17-27(37(25)31(40)26(21-36)34-32(41)42-33(3,4)5)30(39)35-29(23-12-8-6-9-13-23)24-14-10-7-11-15-24/h6-15,22,25-27,29H,16-21H2,1-5H3,(H,34,41)(H,35,39)/t25-,26+,27+/m1/s1. The third-order valence-corrected chi connectivity index (χ3v) is 7.67. The number of carbonyl (C=O) groups excluding carboxylic acids is 4. The van der Waals surface area contributed by atoms with E-state index in [0.29, 0.717) is 32.2 Å². The molecule has 9 nitrogen and oxygen atoms in total. The summed E-state index contributed by atoms with van der Waals surface area (Å²) in [6.07, 6.45) is 1.32. The number of rotatable bonds is 7. The number of hydrogen-bond donors (Lipinski definition) is 2. The van der Waals surface area contributed by atoms with Crippen LogP contribution < -0.4 is 10.6 Å². The van der Waals surface area contributed by atoms with E-state index in [0.717, 1.165) is 11.1 Å². The zero-order valence-corrected chi connectivity index (χ0v) is 25.3. The number of amides is 4. The third-order valence-electron chi connectivity index (χ3n) is 7.67. The fourth-order valence-corrected chi connectivity index (χ4v) is 5.78. The molecule has 42 heavy (non-hydrogen) atoms. The van der Waals surface area contributed by atoms with Crippen molar-refractivity contribution in [3.05, 3.63) is 71.8 Å². The molecule has 0 spiro atoms. The number of benzene rings is 2. The highest BCUT2D eigenvalue weighted by Gasteiger charge is 2.46. The Hall–Kier alpha value is -3.88. The molecule has 4 amide bonds. The normalized spacial score (nSPS) is 21.0. The van der Waals surface area contributed by atoms with Gasteiger partial charge in [-0.15, -0.1) is 0 Å². The quantitative estimate of drug-likeness (QED) is 0.507. The lowest BCUT2D eigenvalue weighted by Gasteiger charge is -2.39. The molecule has 2 saturated heterocycles. The van der Waals surface area contributed by atoms with Crippen molar-refractivity contribution in [1.82, 2.24) is 20.4 Å². The SMILES string of the molecule is CC(C)CC(=O)N1CC[C@H]2CC[C@@H](C(=O)NC(c3ccccc3)c3ccccc3)N2C(=O)[C@@H](NC(=O)OC(C)(C)C)C1. The van der Waals surface area contributed by atoms with E-state index < -0.39 is 23.8 Å². The van der Waals surface area contributed by atoms with Gasteiger partial charge in [0, 0.05) is 19.0 Å². The fourth-order valence-electron chi connectivity index (χ4n) is 5.78. The molecule has 2 aliphatic heterocycles. The van der Waals surface area contributed by atoms with Crippen molar-refractivity contribution in [3.63, 3.8) is 0 Å². The smallest absolute Gasteiger partial charge is 0.408 e. The first-order chi connectivity index (χ1) is 19.9. The number of hydrogen-bond acceptors (Lipinski definition) is 5. The van der Waals surface area contributed by atoms with Crippen LogP contribution in [-0.4, -0.2) is 70.4 Å². The lowest BCUT2D eigenvalue weighted by Crippen LogP contribution is -2.61. The van der Waals surface area contributed by atoms with Gasteiger partial charge in [-0.2, -0.15) is 0 Å². The number of nitrogens with one attached hydrogen (secondary N) is 2. The molecule has 2 aromatic rings. The second-order valence-electron chi connectivity index (χ2n) is 12.7. The van der Waals surface area contributed by atoms with E-state index in [9.17, 15) is 19.2 Å². The molecule has 3 atom stereocenters. The van der Waals surface area contributed by atoms with Gasteiger partial charge in [0.1, 0.15) is 17.7 Å². The van der Waals surface area contributed by atoms with Gasteiger partial charge in [0.05, 0.1) is 12.6 Å². The van der Waals surface area contributed by atoms with Crippen LogP contribution in [0.2, 0.25) is 0 Å². The summed E-state index contributed by atoms with van der Waals surface area (Å²) in [4.78, 5) is 57.3. The van der Waals surface area contributed by atoms with Crippen molar-refractivity contribution in [1.29, 1.82) is 0 Å². The van der Waals surface area contributed by atoms with Gasteiger partial charge >= 0.3 is 6.09 Å². The molecule has 0 saturated carbocycles. The molecule has 0 bridgehead atoms. The summed E-state index contributed by atoms with van der Waals surface area (Å²) >= 11 is 0. The van der Waals surface area contributed by atoms with Gasteiger partial charge in [-0.05, 0) is 57.1 Å². The van der Waals surface area contributed by atoms with Crippen LogP contribution >= 0.6 is 0 Å².